The number of benzene rings is 1. The molecule has 0 bridgehead atoms. The molecular formula is C6H4Br3N3O3. The van der Waals surface area contributed by atoms with Gasteiger partial charge in [-0.15, -0.1) is 15.3 Å². The topological polar surface area (TPSA) is 81.6 Å². The summed E-state index contributed by atoms with van der Waals surface area (Å²) in [6.07, 6.45) is 0. The van der Waals surface area contributed by atoms with Crippen LogP contribution in [-0.4, -0.2) is 5.09 Å². The van der Waals surface area contributed by atoms with Crippen LogP contribution in [0, 0.1) is 10.1 Å². The number of anilines is 1. The molecule has 0 unspecified atom stereocenters. The molecule has 0 heterocycles. The number of hydrogen-bond donors (Lipinski definition) is 1. The van der Waals surface area contributed by atoms with Crippen molar-refractivity contribution in [3.63, 3.8) is 0 Å². The van der Waals surface area contributed by atoms with Crippen molar-refractivity contribution in [2.75, 3.05) is 5.17 Å². The quantitative estimate of drug-likeness (QED) is 0.475. The van der Waals surface area contributed by atoms with Crippen LogP contribution in [-0.2, 0) is 4.94 Å². The van der Waals surface area contributed by atoms with Crippen molar-refractivity contribution in [1.29, 1.82) is 0 Å². The predicted molar refractivity (Wildman–Crippen MR) is 64.3 cm³/mol. The zero-order valence-corrected chi connectivity index (χ0v) is 11.7. The van der Waals surface area contributed by atoms with Crippen molar-refractivity contribution in [1.82, 2.24) is 0 Å². The Labute approximate surface area is 110 Å². The lowest BCUT2D eigenvalue weighted by atomic mass is 10.3. The molecule has 0 saturated carbocycles. The van der Waals surface area contributed by atoms with Crippen LogP contribution in [0.5, 0.6) is 0 Å². The first-order chi connectivity index (χ1) is 6.91. The Bertz CT molecular complexity index is 377. The lowest BCUT2D eigenvalue weighted by molar-refractivity contribution is -0.762. The van der Waals surface area contributed by atoms with Crippen molar-refractivity contribution >= 4 is 53.5 Å². The molecule has 0 aromatic heterocycles. The Morgan fingerprint density at radius 3 is 2.20 bits per heavy atom. The lowest BCUT2D eigenvalue weighted by Gasteiger charge is -2.17. The van der Waals surface area contributed by atoms with Gasteiger partial charge >= 0.3 is 5.09 Å². The summed E-state index contributed by atoms with van der Waals surface area (Å²) in [5.41, 5.74) is 0.315. The van der Waals surface area contributed by atoms with Crippen LogP contribution >= 0.6 is 47.8 Å². The Hall–Kier alpha value is -0.380. The van der Waals surface area contributed by atoms with Crippen molar-refractivity contribution < 1.29 is 10.0 Å². The summed E-state index contributed by atoms with van der Waals surface area (Å²) < 4.78 is 1.89. The van der Waals surface area contributed by atoms with Gasteiger partial charge in [0.25, 0.3) is 0 Å². The third-order valence-electron chi connectivity index (χ3n) is 1.36. The van der Waals surface area contributed by atoms with Crippen LogP contribution < -0.4 is 11.0 Å². The van der Waals surface area contributed by atoms with Crippen molar-refractivity contribution in [2.24, 2.45) is 5.84 Å². The fourth-order valence-corrected chi connectivity index (χ4v) is 3.47. The maximum atomic E-state index is 10.1. The van der Waals surface area contributed by atoms with E-state index in [1.165, 1.54) is 0 Å². The Kier molecular flexibility index (Phi) is 4.32. The molecule has 2 N–H and O–H groups in total. The van der Waals surface area contributed by atoms with Gasteiger partial charge in [-0.1, -0.05) is 15.9 Å². The molecule has 9 heteroatoms. The minimum absolute atomic E-state index is 0.315. The highest BCUT2D eigenvalue weighted by molar-refractivity contribution is 9.11. The summed E-state index contributed by atoms with van der Waals surface area (Å²) in [7, 11) is 0. The van der Waals surface area contributed by atoms with E-state index in [2.05, 4.69) is 52.7 Å². The minimum Gasteiger partial charge on any atom is -0.223 e. The highest BCUT2D eigenvalue weighted by atomic mass is 79.9. The maximum Gasteiger partial charge on any atom is 0.318 e. The average Bonchev–Trinajstić information content (AvgIpc) is 1.99. The van der Waals surface area contributed by atoms with E-state index < -0.39 is 5.09 Å². The second kappa shape index (κ2) is 5.10. The number of rotatable bonds is 3. The van der Waals surface area contributed by atoms with E-state index in [0.717, 1.165) is 4.47 Å². The fraction of sp³-hybridized carbons (Fsp3) is 0. The van der Waals surface area contributed by atoms with Gasteiger partial charge in [0, 0.05) is 13.4 Å². The van der Waals surface area contributed by atoms with E-state index in [1.807, 2.05) is 0 Å². The van der Waals surface area contributed by atoms with Crippen molar-refractivity contribution in [3.8, 4) is 0 Å². The SMILES string of the molecule is NN(O[N+](=O)[O-])c1c(Br)cc(Br)cc1Br. The molecule has 0 aliphatic heterocycles. The molecule has 0 aliphatic carbocycles. The van der Waals surface area contributed by atoms with Crippen molar-refractivity contribution in [2.45, 2.75) is 0 Å². The molecule has 82 valence electrons. The zero-order valence-electron chi connectivity index (χ0n) is 6.99. The van der Waals surface area contributed by atoms with E-state index in [1.54, 1.807) is 12.1 Å². The Balaban J connectivity index is 3.08. The molecule has 6 nitrogen and oxygen atoms in total. The Morgan fingerprint density at radius 1 is 1.33 bits per heavy atom. The third kappa shape index (κ3) is 3.30. The monoisotopic (exact) mass is 403 g/mol. The molecule has 0 atom stereocenters. The minimum atomic E-state index is -0.999. The molecule has 15 heavy (non-hydrogen) atoms. The summed E-state index contributed by atoms with van der Waals surface area (Å²) >= 11 is 9.66. The van der Waals surface area contributed by atoms with Crippen LogP contribution in [0.4, 0.5) is 5.69 Å². The summed E-state index contributed by atoms with van der Waals surface area (Å²) in [5, 5.41) is 9.65. The molecule has 1 rings (SSSR count). The smallest absolute Gasteiger partial charge is 0.223 e. The molecule has 0 spiro atoms. The second-order valence-corrected chi connectivity index (χ2v) is 4.97. The van der Waals surface area contributed by atoms with Crippen LogP contribution in [0.1, 0.15) is 0 Å². The van der Waals surface area contributed by atoms with Gasteiger partial charge in [-0.2, -0.15) is 4.94 Å². The first-order valence-electron chi connectivity index (χ1n) is 3.43. The number of nitrogens with two attached hydrogens (primary N) is 1. The van der Waals surface area contributed by atoms with E-state index in [9.17, 15) is 10.1 Å². The normalized spacial score (nSPS) is 9.87. The molecule has 0 fully saturated rings. The van der Waals surface area contributed by atoms with Gasteiger partial charge in [-0.05, 0) is 44.0 Å². The van der Waals surface area contributed by atoms with Gasteiger partial charge in [0.15, 0.2) is 0 Å². The lowest BCUT2D eigenvalue weighted by Crippen LogP contribution is -2.34. The molecule has 0 aliphatic rings. The van der Waals surface area contributed by atoms with E-state index in [-0.39, 0.29) is 0 Å². The van der Waals surface area contributed by atoms with E-state index in [0.29, 0.717) is 19.8 Å². The van der Waals surface area contributed by atoms with Gasteiger partial charge in [0.1, 0.15) is 5.69 Å². The second-order valence-electron chi connectivity index (χ2n) is 2.35. The van der Waals surface area contributed by atoms with E-state index in [4.69, 9.17) is 5.84 Å². The summed E-state index contributed by atoms with van der Waals surface area (Å²) in [5.74, 6) is 5.34. The molecule has 1 aromatic carbocycles. The predicted octanol–water partition coefficient (Wildman–Crippen LogP) is 2.78. The van der Waals surface area contributed by atoms with Gasteiger partial charge in [0.2, 0.25) is 0 Å². The summed E-state index contributed by atoms with van der Waals surface area (Å²) in [6, 6.07) is 3.37. The summed E-state index contributed by atoms with van der Waals surface area (Å²) in [4.78, 5) is 14.2. The maximum absolute atomic E-state index is 10.1. The van der Waals surface area contributed by atoms with Gasteiger partial charge in [0.05, 0.1) is 0 Å². The standard InChI is InChI=1S/C6H4Br3N3O3/c7-3-1-4(8)6(5(9)2-3)11(10)15-12(13)14/h1-2H,10H2. The number of nitrogens with zero attached hydrogens (tertiary/aromatic N) is 2. The molecule has 1 aromatic rings. The number of hydrazine groups is 1. The highest BCUT2D eigenvalue weighted by Gasteiger charge is 2.15. The third-order valence-corrected chi connectivity index (χ3v) is 3.02. The first kappa shape index (κ1) is 12.7. The van der Waals surface area contributed by atoms with Gasteiger partial charge in [-0.3, -0.25) is 0 Å². The van der Waals surface area contributed by atoms with Crippen molar-refractivity contribution in [3.05, 3.63) is 35.7 Å². The molecule has 0 amide bonds. The van der Waals surface area contributed by atoms with Gasteiger partial charge in [-0.25, -0.2) is 5.84 Å². The number of halogens is 3. The zero-order chi connectivity index (χ0) is 11.6. The van der Waals surface area contributed by atoms with Crippen LogP contribution in [0.15, 0.2) is 25.6 Å². The first-order valence-corrected chi connectivity index (χ1v) is 5.81. The molecular weight excluding hydrogens is 402 g/mol. The van der Waals surface area contributed by atoms with Crippen LogP contribution in [0.3, 0.4) is 0 Å². The Morgan fingerprint density at radius 2 is 1.80 bits per heavy atom. The van der Waals surface area contributed by atoms with E-state index >= 15 is 0 Å². The largest absolute Gasteiger partial charge is 0.318 e. The van der Waals surface area contributed by atoms with Crippen LogP contribution in [0.2, 0.25) is 0 Å². The van der Waals surface area contributed by atoms with Crippen LogP contribution in [0.25, 0.3) is 0 Å². The fourth-order valence-electron chi connectivity index (χ4n) is 0.858. The highest BCUT2D eigenvalue weighted by Crippen LogP contribution is 2.35. The average molecular weight is 406 g/mol. The molecule has 0 radical (unpaired) electrons. The van der Waals surface area contributed by atoms with Gasteiger partial charge < -0.3 is 0 Å². The number of hydrogen-bond acceptors (Lipinski definition) is 5. The molecule has 0 saturated heterocycles. The summed E-state index contributed by atoms with van der Waals surface area (Å²) in [6.45, 7) is 0.